The van der Waals surface area contributed by atoms with Crippen molar-refractivity contribution >= 4 is 32.3 Å². The second-order valence-corrected chi connectivity index (χ2v) is 8.47. The molecule has 0 unspecified atom stereocenters. The van der Waals surface area contributed by atoms with Gasteiger partial charge in [0.05, 0.1) is 15.8 Å². The maximum atomic E-state index is 13.7. The monoisotopic (exact) mass is 411 g/mol. The molecule has 0 amide bonds. The van der Waals surface area contributed by atoms with Crippen molar-refractivity contribution < 1.29 is 17.2 Å². The third-order valence-electron chi connectivity index (χ3n) is 4.24. The van der Waals surface area contributed by atoms with Gasteiger partial charge in [0, 0.05) is 23.8 Å². The number of sulfone groups is 1. The summed E-state index contributed by atoms with van der Waals surface area (Å²) in [6.07, 6.45) is 2.66. The van der Waals surface area contributed by atoms with Gasteiger partial charge in [-0.15, -0.1) is 0 Å². The molecule has 0 spiro atoms. The van der Waals surface area contributed by atoms with Crippen LogP contribution in [0.5, 0.6) is 0 Å². The largest absolute Gasteiger partial charge is 0.346 e. The molecule has 0 aliphatic carbocycles. The minimum absolute atomic E-state index is 0.143. The number of fused-ring (bicyclic) bond motifs is 1. The van der Waals surface area contributed by atoms with E-state index in [1.165, 1.54) is 35.0 Å². The first-order valence-electron chi connectivity index (χ1n) is 8.28. The topological polar surface area (TPSA) is 56.1 Å². The fourth-order valence-corrected chi connectivity index (χ4v) is 4.49. The smallest absolute Gasteiger partial charge is 0.211 e. The first-order valence-corrected chi connectivity index (χ1v) is 10.1. The molecule has 0 aliphatic rings. The van der Waals surface area contributed by atoms with E-state index in [4.69, 9.17) is 11.6 Å². The number of halogens is 3. The maximum Gasteiger partial charge on any atom is 0.211 e. The van der Waals surface area contributed by atoms with Gasteiger partial charge >= 0.3 is 0 Å². The van der Waals surface area contributed by atoms with Crippen molar-refractivity contribution in [3.05, 3.63) is 69.5 Å². The highest BCUT2D eigenvalue weighted by molar-refractivity contribution is 7.91. The van der Waals surface area contributed by atoms with Crippen LogP contribution in [0.2, 0.25) is 5.02 Å². The van der Waals surface area contributed by atoms with Gasteiger partial charge < -0.3 is 4.57 Å². The molecule has 1 heterocycles. The van der Waals surface area contributed by atoms with Gasteiger partial charge in [-0.3, -0.25) is 4.79 Å². The minimum Gasteiger partial charge on any atom is -0.346 e. The van der Waals surface area contributed by atoms with Crippen LogP contribution in [0.25, 0.3) is 10.9 Å². The summed E-state index contributed by atoms with van der Waals surface area (Å²) in [6.45, 7) is 2.30. The van der Waals surface area contributed by atoms with E-state index in [-0.39, 0.29) is 20.8 Å². The molecule has 0 N–H and O–H groups in total. The number of unbranched alkanes of at least 4 members (excludes halogenated alkanes) is 1. The van der Waals surface area contributed by atoms with Crippen molar-refractivity contribution in [2.45, 2.75) is 36.1 Å². The highest BCUT2D eigenvalue weighted by Crippen LogP contribution is 2.24. The van der Waals surface area contributed by atoms with Gasteiger partial charge in [-0.2, -0.15) is 0 Å². The molecule has 27 heavy (non-hydrogen) atoms. The van der Waals surface area contributed by atoms with Crippen LogP contribution in [0.3, 0.4) is 0 Å². The molecule has 3 aromatic rings. The number of nitrogens with zero attached hydrogens (tertiary/aromatic N) is 1. The SMILES string of the molecule is CCCCn1cc(S(=O)(=O)c2cccc(Cl)c2)c(=O)c2cc(F)c(F)cc21. The van der Waals surface area contributed by atoms with Crippen LogP contribution < -0.4 is 5.43 Å². The zero-order valence-corrected chi connectivity index (χ0v) is 15.9. The van der Waals surface area contributed by atoms with Crippen molar-refractivity contribution in [3.63, 3.8) is 0 Å². The normalized spacial score (nSPS) is 11.9. The molecule has 3 rings (SSSR count). The third-order valence-corrected chi connectivity index (χ3v) is 6.22. The Bertz CT molecular complexity index is 1190. The van der Waals surface area contributed by atoms with Crippen LogP contribution >= 0.6 is 11.6 Å². The molecule has 2 aromatic carbocycles. The number of aryl methyl sites for hydroxylation is 1. The van der Waals surface area contributed by atoms with Crippen molar-refractivity contribution in [3.8, 4) is 0 Å². The first kappa shape index (κ1) is 19.5. The Kier molecular flexibility index (Phi) is 5.35. The lowest BCUT2D eigenvalue weighted by molar-refractivity contribution is 0.509. The average Bonchev–Trinajstić information content (AvgIpc) is 2.62. The fraction of sp³-hybridized carbons (Fsp3) is 0.211. The van der Waals surface area contributed by atoms with Crippen molar-refractivity contribution in [2.24, 2.45) is 0 Å². The van der Waals surface area contributed by atoms with Crippen molar-refractivity contribution in [1.82, 2.24) is 4.57 Å². The number of rotatable bonds is 5. The molecule has 4 nitrogen and oxygen atoms in total. The van der Waals surface area contributed by atoms with Gasteiger partial charge in [0.15, 0.2) is 11.6 Å². The Morgan fingerprint density at radius 3 is 2.48 bits per heavy atom. The van der Waals surface area contributed by atoms with E-state index >= 15 is 0 Å². The summed E-state index contributed by atoms with van der Waals surface area (Å²) in [5.74, 6) is -2.31. The van der Waals surface area contributed by atoms with Crippen LogP contribution in [0.4, 0.5) is 8.78 Å². The number of pyridine rings is 1. The van der Waals surface area contributed by atoms with Gasteiger partial charge in [-0.05, 0) is 30.7 Å². The molecule has 0 radical (unpaired) electrons. The van der Waals surface area contributed by atoms with E-state index in [9.17, 15) is 22.0 Å². The van der Waals surface area contributed by atoms with Crippen LogP contribution in [-0.2, 0) is 16.4 Å². The first-order chi connectivity index (χ1) is 12.8. The number of hydrogen-bond donors (Lipinski definition) is 0. The third kappa shape index (κ3) is 3.61. The van der Waals surface area contributed by atoms with Crippen LogP contribution in [0.1, 0.15) is 19.8 Å². The zero-order valence-electron chi connectivity index (χ0n) is 14.4. The van der Waals surface area contributed by atoms with Gasteiger partial charge in [0.25, 0.3) is 0 Å². The highest BCUT2D eigenvalue weighted by atomic mass is 35.5. The van der Waals surface area contributed by atoms with Crippen molar-refractivity contribution in [1.29, 1.82) is 0 Å². The van der Waals surface area contributed by atoms with E-state index in [1.54, 1.807) is 0 Å². The lowest BCUT2D eigenvalue weighted by Crippen LogP contribution is -2.20. The Labute approximate surface area is 159 Å². The average molecular weight is 412 g/mol. The summed E-state index contributed by atoms with van der Waals surface area (Å²) in [7, 11) is -4.19. The molecule has 142 valence electrons. The van der Waals surface area contributed by atoms with E-state index in [2.05, 4.69) is 0 Å². The highest BCUT2D eigenvalue weighted by Gasteiger charge is 2.24. The maximum absolute atomic E-state index is 13.7. The van der Waals surface area contributed by atoms with Crippen LogP contribution in [0, 0.1) is 11.6 Å². The molecule has 0 bridgehead atoms. The summed E-state index contributed by atoms with van der Waals surface area (Å²) in [6, 6.07) is 7.19. The van der Waals surface area contributed by atoms with Gasteiger partial charge in [0.2, 0.25) is 15.3 Å². The molecule has 8 heteroatoms. The van der Waals surface area contributed by atoms with Crippen LogP contribution in [-0.4, -0.2) is 13.0 Å². The van der Waals surface area contributed by atoms with E-state index in [0.717, 1.165) is 18.6 Å². The van der Waals surface area contributed by atoms with Gasteiger partial charge in [-0.25, -0.2) is 17.2 Å². The van der Waals surface area contributed by atoms with Crippen LogP contribution in [0.15, 0.2) is 57.2 Å². The molecule has 0 fully saturated rings. The Morgan fingerprint density at radius 1 is 1.11 bits per heavy atom. The molecule has 0 saturated carbocycles. The fourth-order valence-electron chi connectivity index (χ4n) is 2.82. The number of aromatic nitrogens is 1. The summed E-state index contributed by atoms with van der Waals surface area (Å²) in [5.41, 5.74) is -0.728. The van der Waals surface area contributed by atoms with Crippen molar-refractivity contribution in [2.75, 3.05) is 0 Å². The van der Waals surface area contributed by atoms with Gasteiger partial charge in [0.1, 0.15) is 4.90 Å². The lowest BCUT2D eigenvalue weighted by atomic mass is 10.2. The number of benzene rings is 2. The predicted octanol–water partition coefficient (Wildman–Crippen LogP) is 4.57. The van der Waals surface area contributed by atoms with E-state index < -0.39 is 31.8 Å². The molecule has 0 saturated heterocycles. The predicted molar refractivity (Wildman–Crippen MR) is 99.9 cm³/mol. The van der Waals surface area contributed by atoms with E-state index in [0.29, 0.717) is 13.0 Å². The lowest BCUT2D eigenvalue weighted by Gasteiger charge is -2.14. The second-order valence-electron chi connectivity index (χ2n) is 6.11. The number of hydrogen-bond acceptors (Lipinski definition) is 3. The molecule has 0 atom stereocenters. The standard InChI is InChI=1S/C19H16ClF2NO3S/c1-2-3-7-23-11-18(27(25,26)13-6-4-5-12(20)8-13)19(24)14-9-15(21)16(22)10-17(14)23/h4-6,8-11H,2-3,7H2,1H3. The zero-order chi connectivity index (χ0) is 19.8. The molecule has 1 aromatic heterocycles. The molecular weight excluding hydrogens is 396 g/mol. The molecular formula is C19H16ClF2NO3S. The Morgan fingerprint density at radius 2 is 1.81 bits per heavy atom. The minimum atomic E-state index is -4.19. The summed E-state index contributed by atoms with van der Waals surface area (Å²) >= 11 is 5.87. The second kappa shape index (κ2) is 7.40. The summed E-state index contributed by atoms with van der Waals surface area (Å²) in [4.78, 5) is 12.2. The van der Waals surface area contributed by atoms with Gasteiger partial charge in [-0.1, -0.05) is 31.0 Å². The quantitative estimate of drug-likeness (QED) is 0.618. The summed E-state index contributed by atoms with van der Waals surface area (Å²) in [5, 5.41) is 0.0180. The van der Waals surface area contributed by atoms with E-state index in [1.807, 2.05) is 6.92 Å². The Balaban J connectivity index is 2.35. The Hall–Kier alpha value is -2.25. The molecule has 0 aliphatic heterocycles. The summed E-state index contributed by atoms with van der Waals surface area (Å²) < 4.78 is 54.9.